The molecule has 2 rings (SSSR count). The molecule has 0 aliphatic heterocycles. The van der Waals surface area contributed by atoms with E-state index in [9.17, 15) is 8.42 Å². The highest BCUT2D eigenvalue weighted by molar-refractivity contribution is 9.10. The summed E-state index contributed by atoms with van der Waals surface area (Å²) in [5.74, 6) is 0. The summed E-state index contributed by atoms with van der Waals surface area (Å²) in [5, 5.41) is 0. The van der Waals surface area contributed by atoms with E-state index in [0.29, 0.717) is 15.8 Å². The largest absolute Gasteiger partial charge is 0.398 e. The first-order chi connectivity index (χ1) is 9.29. The van der Waals surface area contributed by atoms with Gasteiger partial charge in [0.15, 0.2) is 0 Å². The summed E-state index contributed by atoms with van der Waals surface area (Å²) in [6.07, 6.45) is 0. The van der Waals surface area contributed by atoms with Crippen molar-refractivity contribution in [1.82, 2.24) is 0 Å². The highest BCUT2D eigenvalue weighted by Gasteiger charge is 2.15. The van der Waals surface area contributed by atoms with Gasteiger partial charge in [-0.3, -0.25) is 4.72 Å². The van der Waals surface area contributed by atoms with E-state index >= 15 is 0 Å². The average molecular weight is 420 g/mol. The second kappa shape index (κ2) is 5.75. The fourth-order valence-corrected chi connectivity index (χ4v) is 3.19. The Hall–Kier alpha value is -1.05. The van der Waals surface area contributed by atoms with Gasteiger partial charge < -0.3 is 5.73 Å². The maximum absolute atomic E-state index is 12.3. The number of hydrogen-bond acceptors (Lipinski definition) is 3. The number of benzene rings is 2. The van der Waals surface area contributed by atoms with Gasteiger partial charge >= 0.3 is 0 Å². The first kappa shape index (κ1) is 15.3. The molecular weight excluding hydrogens is 408 g/mol. The van der Waals surface area contributed by atoms with Crippen LogP contribution in [0, 0.1) is 6.92 Å². The van der Waals surface area contributed by atoms with Crippen LogP contribution >= 0.6 is 31.9 Å². The van der Waals surface area contributed by atoms with Crippen LogP contribution in [-0.4, -0.2) is 8.42 Å². The lowest BCUT2D eigenvalue weighted by atomic mass is 10.2. The maximum Gasteiger partial charge on any atom is 0.261 e. The molecule has 0 saturated carbocycles. The molecule has 0 saturated heterocycles. The van der Waals surface area contributed by atoms with Crippen LogP contribution in [0.3, 0.4) is 0 Å². The molecule has 0 heterocycles. The first-order valence-electron chi connectivity index (χ1n) is 5.63. The molecule has 7 heteroatoms. The molecule has 3 N–H and O–H groups in total. The number of rotatable bonds is 3. The van der Waals surface area contributed by atoms with Crippen LogP contribution in [0.4, 0.5) is 11.4 Å². The number of nitrogens with two attached hydrogens (primary N) is 1. The Morgan fingerprint density at radius 1 is 1.05 bits per heavy atom. The maximum atomic E-state index is 12.3. The summed E-state index contributed by atoms with van der Waals surface area (Å²) in [4.78, 5) is 0.124. The minimum absolute atomic E-state index is 0.124. The quantitative estimate of drug-likeness (QED) is 0.741. The van der Waals surface area contributed by atoms with Crippen molar-refractivity contribution in [3.8, 4) is 0 Å². The Balaban J connectivity index is 2.35. The Kier molecular flexibility index (Phi) is 4.41. The topological polar surface area (TPSA) is 72.2 Å². The van der Waals surface area contributed by atoms with E-state index in [4.69, 9.17) is 5.73 Å². The molecule has 20 heavy (non-hydrogen) atoms. The van der Waals surface area contributed by atoms with Gasteiger partial charge in [0.1, 0.15) is 0 Å². The zero-order valence-electron chi connectivity index (χ0n) is 10.5. The third-order valence-corrected chi connectivity index (χ3v) is 5.68. The number of nitrogens with one attached hydrogen (secondary N) is 1. The molecule has 0 aromatic heterocycles. The van der Waals surface area contributed by atoms with Crippen LogP contribution in [-0.2, 0) is 10.0 Å². The summed E-state index contributed by atoms with van der Waals surface area (Å²) in [6, 6.07) is 9.76. The van der Waals surface area contributed by atoms with Crippen molar-refractivity contribution in [2.75, 3.05) is 10.5 Å². The van der Waals surface area contributed by atoms with E-state index in [1.165, 1.54) is 12.1 Å². The van der Waals surface area contributed by atoms with Crippen molar-refractivity contribution in [3.05, 3.63) is 50.9 Å². The number of hydrogen-bond donors (Lipinski definition) is 2. The number of aryl methyl sites for hydroxylation is 1. The minimum atomic E-state index is -3.65. The monoisotopic (exact) mass is 418 g/mol. The standard InChI is InChI=1S/C13H12Br2N2O2S/c1-8-6-9(2-4-11(8)14)17-20(18,19)10-3-5-12(15)13(16)7-10/h2-7,17H,16H2,1H3. The predicted octanol–water partition coefficient (Wildman–Crippen LogP) is 3.90. The Morgan fingerprint density at radius 2 is 1.70 bits per heavy atom. The Morgan fingerprint density at radius 3 is 2.30 bits per heavy atom. The number of sulfonamides is 1. The van der Waals surface area contributed by atoms with Crippen LogP contribution < -0.4 is 10.5 Å². The molecule has 2 aromatic rings. The molecule has 0 amide bonds. The van der Waals surface area contributed by atoms with E-state index in [2.05, 4.69) is 36.6 Å². The Labute approximate surface area is 134 Å². The van der Waals surface area contributed by atoms with Crippen LogP contribution in [0.25, 0.3) is 0 Å². The van der Waals surface area contributed by atoms with Gasteiger partial charge in [-0.2, -0.15) is 0 Å². The zero-order chi connectivity index (χ0) is 14.9. The molecule has 2 aromatic carbocycles. The number of anilines is 2. The highest BCUT2D eigenvalue weighted by atomic mass is 79.9. The van der Waals surface area contributed by atoms with Crippen molar-refractivity contribution < 1.29 is 8.42 Å². The molecule has 0 radical (unpaired) electrons. The van der Waals surface area contributed by atoms with Gasteiger partial charge in [-0.25, -0.2) is 8.42 Å². The molecule has 0 fully saturated rings. The van der Waals surface area contributed by atoms with Gasteiger partial charge in [0, 0.05) is 20.3 Å². The number of halogens is 2. The van der Waals surface area contributed by atoms with E-state index in [0.717, 1.165) is 10.0 Å². The second-order valence-electron chi connectivity index (χ2n) is 4.25. The molecule has 106 valence electrons. The molecule has 0 aliphatic rings. The molecule has 4 nitrogen and oxygen atoms in total. The lowest BCUT2D eigenvalue weighted by Gasteiger charge is -2.10. The van der Waals surface area contributed by atoms with Crippen molar-refractivity contribution in [2.45, 2.75) is 11.8 Å². The molecule has 0 aliphatic carbocycles. The second-order valence-corrected chi connectivity index (χ2v) is 7.64. The summed E-state index contributed by atoms with van der Waals surface area (Å²) < 4.78 is 28.7. The Bertz CT molecular complexity index is 761. The van der Waals surface area contributed by atoms with Gasteiger partial charge in [-0.1, -0.05) is 15.9 Å². The van der Waals surface area contributed by atoms with Crippen LogP contribution in [0.1, 0.15) is 5.56 Å². The summed E-state index contributed by atoms with van der Waals surface area (Å²) in [5.41, 5.74) is 7.54. The van der Waals surface area contributed by atoms with Crippen LogP contribution in [0.2, 0.25) is 0 Å². The summed E-state index contributed by atoms with van der Waals surface area (Å²) >= 11 is 6.61. The molecule has 0 unspecified atom stereocenters. The summed E-state index contributed by atoms with van der Waals surface area (Å²) in [7, 11) is -3.65. The molecule has 0 spiro atoms. The first-order valence-corrected chi connectivity index (χ1v) is 8.70. The molecule has 0 bridgehead atoms. The smallest absolute Gasteiger partial charge is 0.261 e. The van der Waals surface area contributed by atoms with Gasteiger partial charge in [0.05, 0.1) is 4.90 Å². The van der Waals surface area contributed by atoms with E-state index in [1.54, 1.807) is 24.3 Å². The predicted molar refractivity (Wildman–Crippen MR) is 88.2 cm³/mol. The molecule has 0 atom stereocenters. The van der Waals surface area contributed by atoms with E-state index < -0.39 is 10.0 Å². The van der Waals surface area contributed by atoms with Crippen molar-refractivity contribution in [1.29, 1.82) is 0 Å². The lowest BCUT2D eigenvalue weighted by molar-refractivity contribution is 0.601. The number of nitrogen functional groups attached to an aromatic ring is 1. The van der Waals surface area contributed by atoms with E-state index in [-0.39, 0.29) is 4.90 Å². The van der Waals surface area contributed by atoms with E-state index in [1.807, 2.05) is 6.92 Å². The molecular formula is C13H12Br2N2O2S. The third kappa shape index (κ3) is 3.34. The van der Waals surface area contributed by atoms with Crippen molar-refractivity contribution in [3.63, 3.8) is 0 Å². The fraction of sp³-hybridized carbons (Fsp3) is 0.0769. The van der Waals surface area contributed by atoms with Gasteiger partial charge in [-0.05, 0) is 64.8 Å². The van der Waals surface area contributed by atoms with Crippen molar-refractivity contribution in [2.24, 2.45) is 0 Å². The third-order valence-electron chi connectivity index (χ3n) is 2.69. The van der Waals surface area contributed by atoms with Crippen molar-refractivity contribution >= 4 is 53.3 Å². The van der Waals surface area contributed by atoms with Gasteiger partial charge in [-0.15, -0.1) is 0 Å². The minimum Gasteiger partial charge on any atom is -0.398 e. The average Bonchev–Trinajstić information content (AvgIpc) is 2.37. The normalized spacial score (nSPS) is 11.3. The van der Waals surface area contributed by atoms with Crippen LogP contribution in [0.5, 0.6) is 0 Å². The SMILES string of the molecule is Cc1cc(NS(=O)(=O)c2ccc(Br)c(N)c2)ccc1Br. The summed E-state index contributed by atoms with van der Waals surface area (Å²) in [6.45, 7) is 1.89. The van der Waals surface area contributed by atoms with Gasteiger partial charge in [0.2, 0.25) is 0 Å². The fourth-order valence-electron chi connectivity index (χ4n) is 1.61. The van der Waals surface area contributed by atoms with Crippen LogP contribution in [0.15, 0.2) is 50.2 Å². The zero-order valence-corrected chi connectivity index (χ0v) is 14.5. The lowest BCUT2D eigenvalue weighted by Crippen LogP contribution is -2.13. The highest BCUT2D eigenvalue weighted by Crippen LogP contribution is 2.25. The van der Waals surface area contributed by atoms with Gasteiger partial charge in [0.25, 0.3) is 10.0 Å².